The minimum Gasteiger partial charge on any atom is -0.341 e. The van der Waals surface area contributed by atoms with E-state index in [1.54, 1.807) is 28.0 Å². The van der Waals surface area contributed by atoms with Crippen molar-refractivity contribution in [2.45, 2.75) is 32.0 Å². The van der Waals surface area contributed by atoms with Crippen molar-refractivity contribution < 1.29 is 9.18 Å². The van der Waals surface area contributed by atoms with E-state index in [-0.39, 0.29) is 11.9 Å². The molecule has 0 spiro atoms. The van der Waals surface area contributed by atoms with E-state index >= 15 is 0 Å². The highest BCUT2D eigenvalue weighted by Crippen LogP contribution is 2.17. The Bertz CT molecular complexity index is 344. The number of rotatable bonds is 2. The molecule has 1 unspecified atom stereocenters. The summed E-state index contributed by atoms with van der Waals surface area (Å²) in [6.07, 6.45) is 3.58. The number of carbonyl (C=O) groups excluding carboxylic acids is 1. The Kier molecular flexibility index (Phi) is 3.22. The minimum absolute atomic E-state index is 0.0237. The number of piperidine rings is 1. The Balaban J connectivity index is 1.97. The molecule has 1 fully saturated rings. The predicted molar refractivity (Wildman–Crippen MR) is 57.6 cm³/mol. The Morgan fingerprint density at radius 2 is 2.19 bits per heavy atom. The van der Waals surface area contributed by atoms with Gasteiger partial charge in [-0.25, -0.2) is 4.39 Å². The second kappa shape index (κ2) is 4.63. The van der Waals surface area contributed by atoms with Crippen LogP contribution in [0.4, 0.5) is 4.39 Å². The summed E-state index contributed by atoms with van der Waals surface area (Å²) in [7, 11) is 0. The van der Waals surface area contributed by atoms with Gasteiger partial charge in [-0.15, -0.1) is 0 Å². The van der Waals surface area contributed by atoms with Crippen LogP contribution < -0.4 is 0 Å². The lowest BCUT2D eigenvalue weighted by atomic mass is 10.1. The van der Waals surface area contributed by atoms with Crippen molar-refractivity contribution >= 4 is 5.91 Å². The number of nitrogens with zero attached hydrogens (tertiary/aromatic N) is 3. The fourth-order valence-corrected chi connectivity index (χ4v) is 1.96. The summed E-state index contributed by atoms with van der Waals surface area (Å²) in [4.78, 5) is 13.8. The van der Waals surface area contributed by atoms with E-state index in [4.69, 9.17) is 0 Å². The molecule has 88 valence electrons. The summed E-state index contributed by atoms with van der Waals surface area (Å²) in [6.45, 7) is 2.86. The molecule has 1 atom stereocenters. The fourth-order valence-electron chi connectivity index (χ4n) is 1.96. The van der Waals surface area contributed by atoms with Crippen LogP contribution in [0.5, 0.6) is 0 Å². The van der Waals surface area contributed by atoms with E-state index in [0.717, 1.165) is 0 Å². The summed E-state index contributed by atoms with van der Waals surface area (Å²) in [5.74, 6) is 0.0237. The highest BCUT2D eigenvalue weighted by atomic mass is 19.1. The molecule has 5 heteroatoms. The molecule has 4 nitrogen and oxygen atoms in total. The molecule has 0 aliphatic carbocycles. The van der Waals surface area contributed by atoms with Crippen LogP contribution in [-0.4, -0.2) is 39.8 Å². The maximum absolute atomic E-state index is 12.9. The molecule has 2 heterocycles. The summed E-state index contributed by atoms with van der Waals surface area (Å²) in [5.41, 5.74) is 0. The number of aromatic nitrogens is 2. The maximum atomic E-state index is 12.9. The molecule has 1 aromatic heterocycles. The van der Waals surface area contributed by atoms with Crippen molar-refractivity contribution in [1.29, 1.82) is 0 Å². The zero-order chi connectivity index (χ0) is 11.5. The lowest BCUT2D eigenvalue weighted by Gasteiger charge is -2.30. The lowest BCUT2D eigenvalue weighted by Crippen LogP contribution is -2.42. The van der Waals surface area contributed by atoms with Gasteiger partial charge in [0, 0.05) is 25.5 Å². The molecule has 16 heavy (non-hydrogen) atoms. The smallest absolute Gasteiger partial charge is 0.247 e. The monoisotopic (exact) mass is 225 g/mol. The van der Waals surface area contributed by atoms with Crippen molar-refractivity contribution in [2.75, 3.05) is 13.1 Å². The molecule has 1 aliphatic rings. The topological polar surface area (TPSA) is 38.1 Å². The highest BCUT2D eigenvalue weighted by Gasteiger charge is 2.26. The van der Waals surface area contributed by atoms with Crippen molar-refractivity contribution in [3.05, 3.63) is 18.5 Å². The Labute approximate surface area is 94.0 Å². The van der Waals surface area contributed by atoms with E-state index in [1.807, 2.05) is 6.92 Å². The summed E-state index contributed by atoms with van der Waals surface area (Å²) < 4.78 is 14.6. The van der Waals surface area contributed by atoms with E-state index in [0.29, 0.717) is 25.9 Å². The molecular formula is C11H16FN3O. The quantitative estimate of drug-likeness (QED) is 0.763. The normalized spacial score (nSPS) is 19.8. The number of hydrogen-bond donors (Lipinski definition) is 0. The van der Waals surface area contributed by atoms with Gasteiger partial charge in [-0.1, -0.05) is 0 Å². The largest absolute Gasteiger partial charge is 0.341 e. The Morgan fingerprint density at radius 1 is 1.50 bits per heavy atom. The van der Waals surface area contributed by atoms with Gasteiger partial charge in [-0.3, -0.25) is 9.48 Å². The van der Waals surface area contributed by atoms with Crippen LogP contribution in [0, 0.1) is 0 Å². The SMILES string of the molecule is CC(C(=O)N1CCC(F)CC1)n1cccn1. The number of amides is 1. The molecule has 2 rings (SSSR count). The van der Waals surface area contributed by atoms with Crippen molar-refractivity contribution in [2.24, 2.45) is 0 Å². The molecular weight excluding hydrogens is 209 g/mol. The third-order valence-electron chi connectivity index (χ3n) is 3.02. The molecule has 1 aliphatic heterocycles. The van der Waals surface area contributed by atoms with Gasteiger partial charge in [0.15, 0.2) is 0 Å². The average molecular weight is 225 g/mol. The predicted octanol–water partition coefficient (Wildman–Crippen LogP) is 1.40. The van der Waals surface area contributed by atoms with Crippen molar-refractivity contribution in [1.82, 2.24) is 14.7 Å². The second-order valence-corrected chi connectivity index (χ2v) is 4.16. The van der Waals surface area contributed by atoms with Gasteiger partial charge in [0.05, 0.1) is 0 Å². The van der Waals surface area contributed by atoms with Crippen LogP contribution in [-0.2, 0) is 4.79 Å². The number of halogens is 1. The van der Waals surface area contributed by atoms with Crippen molar-refractivity contribution in [3.63, 3.8) is 0 Å². The van der Waals surface area contributed by atoms with Crippen LogP contribution in [0.15, 0.2) is 18.5 Å². The van der Waals surface area contributed by atoms with Crippen LogP contribution in [0.2, 0.25) is 0 Å². The zero-order valence-electron chi connectivity index (χ0n) is 9.34. The summed E-state index contributed by atoms with van der Waals surface area (Å²) >= 11 is 0. The van der Waals surface area contributed by atoms with E-state index in [2.05, 4.69) is 5.10 Å². The molecule has 0 saturated carbocycles. The first-order chi connectivity index (χ1) is 7.68. The number of alkyl halides is 1. The highest BCUT2D eigenvalue weighted by molar-refractivity contribution is 5.80. The van der Waals surface area contributed by atoms with Gasteiger partial charge in [0.1, 0.15) is 12.2 Å². The summed E-state index contributed by atoms with van der Waals surface area (Å²) in [6, 6.07) is 1.49. The lowest BCUT2D eigenvalue weighted by molar-refractivity contribution is -0.136. The van der Waals surface area contributed by atoms with Crippen LogP contribution in [0.1, 0.15) is 25.8 Å². The molecule has 1 amide bonds. The molecule has 0 bridgehead atoms. The van der Waals surface area contributed by atoms with Gasteiger partial charge in [-0.05, 0) is 25.8 Å². The van der Waals surface area contributed by atoms with Crippen LogP contribution in [0.3, 0.4) is 0 Å². The Hall–Kier alpha value is -1.39. The molecule has 1 aromatic rings. The molecule has 0 N–H and O–H groups in total. The van der Waals surface area contributed by atoms with E-state index < -0.39 is 6.17 Å². The van der Waals surface area contributed by atoms with Gasteiger partial charge in [-0.2, -0.15) is 5.10 Å². The number of hydrogen-bond acceptors (Lipinski definition) is 2. The van der Waals surface area contributed by atoms with Gasteiger partial charge >= 0.3 is 0 Å². The third kappa shape index (κ3) is 2.23. The average Bonchev–Trinajstić information content (AvgIpc) is 2.81. The first kappa shape index (κ1) is 11.1. The minimum atomic E-state index is -0.746. The fraction of sp³-hybridized carbons (Fsp3) is 0.636. The van der Waals surface area contributed by atoms with Gasteiger partial charge < -0.3 is 4.90 Å². The first-order valence-electron chi connectivity index (χ1n) is 5.60. The second-order valence-electron chi connectivity index (χ2n) is 4.16. The molecule has 0 aromatic carbocycles. The van der Waals surface area contributed by atoms with E-state index in [9.17, 15) is 9.18 Å². The standard InChI is InChI=1S/C11H16FN3O/c1-9(15-6-2-5-13-15)11(16)14-7-3-10(12)4-8-14/h2,5-6,9-10H,3-4,7-8H2,1H3. The van der Waals surface area contributed by atoms with Gasteiger partial charge in [0.25, 0.3) is 0 Å². The van der Waals surface area contributed by atoms with Crippen LogP contribution >= 0.6 is 0 Å². The maximum Gasteiger partial charge on any atom is 0.247 e. The third-order valence-corrected chi connectivity index (χ3v) is 3.02. The first-order valence-corrected chi connectivity index (χ1v) is 5.60. The molecule has 1 saturated heterocycles. The Morgan fingerprint density at radius 3 is 2.75 bits per heavy atom. The number of carbonyl (C=O) groups is 1. The summed E-state index contributed by atoms with van der Waals surface area (Å²) in [5, 5.41) is 4.04. The number of likely N-dealkylation sites (tertiary alicyclic amines) is 1. The van der Waals surface area contributed by atoms with Gasteiger partial charge in [0.2, 0.25) is 5.91 Å². The van der Waals surface area contributed by atoms with E-state index in [1.165, 1.54) is 0 Å². The zero-order valence-corrected chi connectivity index (χ0v) is 9.34. The van der Waals surface area contributed by atoms with Crippen LogP contribution in [0.25, 0.3) is 0 Å². The van der Waals surface area contributed by atoms with Crippen molar-refractivity contribution in [3.8, 4) is 0 Å². The molecule has 0 radical (unpaired) electrons.